The van der Waals surface area contributed by atoms with Gasteiger partial charge in [0.15, 0.2) is 0 Å². The van der Waals surface area contributed by atoms with Gasteiger partial charge in [-0.25, -0.2) is 0 Å². The van der Waals surface area contributed by atoms with E-state index in [4.69, 9.17) is 5.73 Å². The van der Waals surface area contributed by atoms with Crippen molar-refractivity contribution in [1.29, 1.82) is 0 Å². The molecular weight excluding hydrogens is 136 g/mol. The standard InChI is InChI=1S/C9H18N2/c1-7(11-8(2)10)9-5-3-4-6-9/h7,9H,3-6H2,1-2H3,(H2,10,11). The molecule has 64 valence electrons. The molecule has 1 aliphatic rings. The van der Waals surface area contributed by atoms with E-state index < -0.39 is 0 Å². The Morgan fingerprint density at radius 3 is 2.45 bits per heavy atom. The monoisotopic (exact) mass is 154 g/mol. The summed E-state index contributed by atoms with van der Waals surface area (Å²) in [5.74, 6) is 1.53. The predicted octanol–water partition coefficient (Wildman–Crippen LogP) is 1.94. The number of rotatable bonds is 2. The van der Waals surface area contributed by atoms with E-state index in [1.165, 1.54) is 25.7 Å². The summed E-state index contributed by atoms with van der Waals surface area (Å²) in [5, 5.41) is 0. The topological polar surface area (TPSA) is 38.4 Å². The van der Waals surface area contributed by atoms with Crippen LogP contribution >= 0.6 is 0 Å². The van der Waals surface area contributed by atoms with E-state index >= 15 is 0 Å². The molecule has 0 spiro atoms. The van der Waals surface area contributed by atoms with E-state index in [0.717, 1.165) is 11.8 Å². The molecule has 0 amide bonds. The number of hydrogen-bond donors (Lipinski definition) is 1. The van der Waals surface area contributed by atoms with Crippen molar-refractivity contribution < 1.29 is 0 Å². The minimum absolute atomic E-state index is 0.447. The van der Waals surface area contributed by atoms with Crippen LogP contribution in [0.4, 0.5) is 0 Å². The Labute approximate surface area is 68.9 Å². The van der Waals surface area contributed by atoms with Crippen molar-refractivity contribution >= 4 is 5.84 Å². The van der Waals surface area contributed by atoms with Gasteiger partial charge >= 0.3 is 0 Å². The Balaban J connectivity index is 2.40. The fraction of sp³-hybridized carbons (Fsp3) is 0.889. The van der Waals surface area contributed by atoms with E-state index in [1.54, 1.807) is 0 Å². The third kappa shape index (κ3) is 2.52. The molecule has 11 heavy (non-hydrogen) atoms. The molecule has 1 rings (SSSR count). The lowest BCUT2D eigenvalue weighted by atomic mass is 10.0. The normalized spacial score (nSPS) is 24.0. The summed E-state index contributed by atoms with van der Waals surface area (Å²) in [7, 11) is 0. The van der Waals surface area contributed by atoms with E-state index in [1.807, 2.05) is 6.92 Å². The van der Waals surface area contributed by atoms with Crippen LogP contribution in [-0.2, 0) is 0 Å². The van der Waals surface area contributed by atoms with Crippen LogP contribution in [0.15, 0.2) is 4.99 Å². The second kappa shape index (κ2) is 3.74. The number of hydrogen-bond acceptors (Lipinski definition) is 1. The zero-order valence-corrected chi connectivity index (χ0v) is 7.51. The van der Waals surface area contributed by atoms with E-state index in [2.05, 4.69) is 11.9 Å². The third-order valence-electron chi connectivity index (χ3n) is 2.49. The zero-order chi connectivity index (χ0) is 8.27. The molecule has 1 unspecified atom stereocenters. The number of nitrogens with two attached hydrogens (primary N) is 1. The molecule has 2 heteroatoms. The van der Waals surface area contributed by atoms with Crippen LogP contribution in [0.25, 0.3) is 0 Å². The number of nitrogens with zero attached hydrogens (tertiary/aromatic N) is 1. The summed E-state index contributed by atoms with van der Waals surface area (Å²) in [6.07, 6.45) is 5.46. The van der Waals surface area contributed by atoms with Gasteiger partial charge in [0.05, 0.1) is 11.9 Å². The first kappa shape index (κ1) is 8.57. The molecule has 0 aromatic carbocycles. The average molecular weight is 154 g/mol. The van der Waals surface area contributed by atoms with Gasteiger partial charge in [-0.2, -0.15) is 0 Å². The van der Waals surface area contributed by atoms with Gasteiger partial charge < -0.3 is 5.73 Å². The number of amidine groups is 1. The summed E-state index contributed by atoms with van der Waals surface area (Å²) in [4.78, 5) is 4.35. The van der Waals surface area contributed by atoms with Crippen LogP contribution in [0.5, 0.6) is 0 Å². The zero-order valence-electron chi connectivity index (χ0n) is 7.51. The summed E-state index contributed by atoms with van der Waals surface area (Å²) >= 11 is 0. The smallest absolute Gasteiger partial charge is 0.0909 e. The minimum Gasteiger partial charge on any atom is -0.388 e. The molecule has 1 atom stereocenters. The molecule has 0 radical (unpaired) electrons. The highest BCUT2D eigenvalue weighted by Gasteiger charge is 2.20. The number of aliphatic imine (C=N–C) groups is 1. The lowest BCUT2D eigenvalue weighted by Crippen LogP contribution is -2.16. The van der Waals surface area contributed by atoms with Gasteiger partial charge in [0, 0.05) is 0 Å². The molecular formula is C9H18N2. The second-order valence-corrected chi connectivity index (χ2v) is 3.56. The van der Waals surface area contributed by atoms with Crippen LogP contribution in [0.1, 0.15) is 39.5 Å². The van der Waals surface area contributed by atoms with Gasteiger partial charge in [-0.3, -0.25) is 4.99 Å². The summed E-state index contributed by atoms with van der Waals surface area (Å²) in [6.45, 7) is 4.04. The Kier molecular flexibility index (Phi) is 2.92. The molecule has 0 bridgehead atoms. The lowest BCUT2D eigenvalue weighted by Gasteiger charge is -2.13. The van der Waals surface area contributed by atoms with Gasteiger partial charge in [-0.15, -0.1) is 0 Å². The van der Waals surface area contributed by atoms with E-state index in [9.17, 15) is 0 Å². The van der Waals surface area contributed by atoms with Gasteiger partial charge in [0.2, 0.25) is 0 Å². The third-order valence-corrected chi connectivity index (χ3v) is 2.49. The Bertz CT molecular complexity index is 142. The minimum atomic E-state index is 0.447. The SMILES string of the molecule is CC(N)=NC(C)C1CCCC1. The van der Waals surface area contributed by atoms with Crippen molar-refractivity contribution in [3.8, 4) is 0 Å². The molecule has 1 fully saturated rings. The highest BCUT2D eigenvalue weighted by molar-refractivity contribution is 5.77. The van der Waals surface area contributed by atoms with Crippen LogP contribution < -0.4 is 5.73 Å². The second-order valence-electron chi connectivity index (χ2n) is 3.56. The maximum Gasteiger partial charge on any atom is 0.0909 e. The first-order valence-electron chi connectivity index (χ1n) is 4.50. The molecule has 2 N–H and O–H groups in total. The van der Waals surface area contributed by atoms with Gasteiger partial charge in [0.1, 0.15) is 0 Å². The van der Waals surface area contributed by atoms with Gasteiger partial charge in [0.25, 0.3) is 0 Å². The molecule has 0 aliphatic heterocycles. The van der Waals surface area contributed by atoms with Crippen LogP contribution in [-0.4, -0.2) is 11.9 Å². The van der Waals surface area contributed by atoms with Crippen molar-refractivity contribution in [3.05, 3.63) is 0 Å². The Morgan fingerprint density at radius 1 is 1.45 bits per heavy atom. The highest BCUT2D eigenvalue weighted by atomic mass is 14.9. The molecule has 1 saturated carbocycles. The molecule has 0 aromatic heterocycles. The van der Waals surface area contributed by atoms with E-state index in [-0.39, 0.29) is 0 Å². The first-order chi connectivity index (χ1) is 5.20. The Morgan fingerprint density at radius 2 is 2.00 bits per heavy atom. The summed E-state index contributed by atoms with van der Waals surface area (Å²) < 4.78 is 0. The van der Waals surface area contributed by atoms with Crippen molar-refractivity contribution in [2.45, 2.75) is 45.6 Å². The highest BCUT2D eigenvalue weighted by Crippen LogP contribution is 2.28. The molecule has 0 aromatic rings. The maximum absolute atomic E-state index is 5.51. The quantitative estimate of drug-likeness (QED) is 0.479. The van der Waals surface area contributed by atoms with Crippen LogP contribution in [0, 0.1) is 5.92 Å². The van der Waals surface area contributed by atoms with Crippen LogP contribution in [0.2, 0.25) is 0 Å². The fourth-order valence-electron chi connectivity index (χ4n) is 1.87. The van der Waals surface area contributed by atoms with E-state index in [0.29, 0.717) is 6.04 Å². The van der Waals surface area contributed by atoms with Crippen molar-refractivity contribution in [3.63, 3.8) is 0 Å². The van der Waals surface area contributed by atoms with Crippen molar-refractivity contribution in [2.75, 3.05) is 0 Å². The van der Waals surface area contributed by atoms with Crippen molar-refractivity contribution in [2.24, 2.45) is 16.6 Å². The summed E-state index contributed by atoms with van der Waals surface area (Å²) in [6, 6.07) is 0.447. The molecule has 2 nitrogen and oxygen atoms in total. The molecule has 0 saturated heterocycles. The molecule has 1 aliphatic carbocycles. The van der Waals surface area contributed by atoms with Crippen LogP contribution in [0.3, 0.4) is 0 Å². The van der Waals surface area contributed by atoms with Gasteiger partial charge in [-0.1, -0.05) is 12.8 Å². The Hall–Kier alpha value is -0.530. The predicted molar refractivity (Wildman–Crippen MR) is 48.7 cm³/mol. The van der Waals surface area contributed by atoms with Gasteiger partial charge in [-0.05, 0) is 32.6 Å². The maximum atomic E-state index is 5.51. The lowest BCUT2D eigenvalue weighted by molar-refractivity contribution is 0.460. The largest absolute Gasteiger partial charge is 0.388 e. The molecule has 0 heterocycles. The fourth-order valence-corrected chi connectivity index (χ4v) is 1.87. The average Bonchev–Trinajstić information content (AvgIpc) is 2.35. The summed E-state index contributed by atoms with van der Waals surface area (Å²) in [5.41, 5.74) is 5.51. The van der Waals surface area contributed by atoms with Crippen molar-refractivity contribution in [1.82, 2.24) is 0 Å². The first-order valence-corrected chi connectivity index (χ1v) is 4.50.